The largest absolute Gasteiger partial charge is 0.497 e. The van der Waals surface area contributed by atoms with Crippen LogP contribution in [0.15, 0.2) is 76.6 Å². The highest BCUT2D eigenvalue weighted by Crippen LogP contribution is 2.54. The third-order valence-electron chi connectivity index (χ3n) is 7.61. The molecule has 2 aliphatic heterocycles. The van der Waals surface area contributed by atoms with Gasteiger partial charge in [0.05, 0.1) is 35.9 Å². The average molecular weight is 686 g/mol. The monoisotopic (exact) mass is 685 g/mol. The number of carbonyl (C=O) groups is 3. The van der Waals surface area contributed by atoms with E-state index in [1.165, 1.54) is 19.2 Å². The molecule has 2 unspecified atom stereocenters. The predicted octanol–water partition coefficient (Wildman–Crippen LogP) is 5.68. The third kappa shape index (κ3) is 6.32. The highest BCUT2D eigenvalue weighted by Gasteiger charge is 2.56. The average Bonchev–Trinajstić information content (AvgIpc) is 3.54. The number of hydrogen-bond acceptors (Lipinski definition) is 9. The van der Waals surface area contributed by atoms with Crippen molar-refractivity contribution in [3.8, 4) is 17.2 Å². The van der Waals surface area contributed by atoms with Crippen molar-refractivity contribution in [1.29, 1.82) is 0 Å². The van der Waals surface area contributed by atoms with Gasteiger partial charge in [0.1, 0.15) is 11.0 Å². The maximum Gasteiger partial charge on any atom is 0.416 e. The van der Waals surface area contributed by atoms with Gasteiger partial charge in [0.2, 0.25) is 11.8 Å². The van der Waals surface area contributed by atoms with Crippen LogP contribution in [0.2, 0.25) is 0 Å². The van der Waals surface area contributed by atoms with Gasteiger partial charge in [-0.15, -0.1) is 0 Å². The SMILES string of the molecule is CCOc1cc([C@H]2c3sc(=O)[nH]c3SC3C(=O)N(c4ccc(OC)cc4)C(=O)C32)ccc1OCC(=O)Nc1cccc(C(F)(F)F)c1. The molecule has 10 nitrogen and oxygen atoms in total. The van der Waals surface area contributed by atoms with Crippen molar-refractivity contribution in [2.24, 2.45) is 5.92 Å². The molecule has 244 valence electrons. The molecule has 0 radical (unpaired) electrons. The van der Waals surface area contributed by atoms with E-state index >= 15 is 0 Å². The van der Waals surface area contributed by atoms with Gasteiger partial charge in [-0.3, -0.25) is 19.2 Å². The molecule has 3 amide bonds. The summed E-state index contributed by atoms with van der Waals surface area (Å²) in [5, 5.41) is 2.09. The molecule has 6 rings (SSSR count). The molecule has 0 spiro atoms. The molecular weight excluding hydrogens is 659 g/mol. The van der Waals surface area contributed by atoms with Gasteiger partial charge in [-0.25, -0.2) is 4.90 Å². The number of aromatic amines is 1. The molecule has 1 fully saturated rings. The molecule has 0 bridgehead atoms. The van der Waals surface area contributed by atoms with Gasteiger partial charge in [-0.2, -0.15) is 13.2 Å². The van der Waals surface area contributed by atoms with Crippen molar-refractivity contribution in [2.75, 3.05) is 30.5 Å². The van der Waals surface area contributed by atoms with Gasteiger partial charge in [0.25, 0.3) is 5.91 Å². The minimum absolute atomic E-state index is 0.0423. The summed E-state index contributed by atoms with van der Waals surface area (Å²) in [6, 6.07) is 15.7. The lowest BCUT2D eigenvalue weighted by Crippen LogP contribution is -2.32. The smallest absolute Gasteiger partial charge is 0.416 e. The van der Waals surface area contributed by atoms with Crippen LogP contribution in [-0.4, -0.2) is 48.3 Å². The summed E-state index contributed by atoms with van der Waals surface area (Å²) in [5.74, 6) is -2.07. The summed E-state index contributed by atoms with van der Waals surface area (Å²) in [6.07, 6.45) is -4.57. The number of methoxy groups -OCH3 is 1. The number of anilines is 2. The van der Waals surface area contributed by atoms with E-state index in [-0.39, 0.29) is 28.7 Å². The summed E-state index contributed by atoms with van der Waals surface area (Å²) >= 11 is 2.11. The first kappa shape index (κ1) is 32.2. The van der Waals surface area contributed by atoms with Crippen molar-refractivity contribution < 1.29 is 41.8 Å². The molecule has 47 heavy (non-hydrogen) atoms. The Kier molecular flexibility index (Phi) is 8.76. The zero-order valence-electron chi connectivity index (χ0n) is 24.8. The minimum Gasteiger partial charge on any atom is -0.497 e. The number of thiazole rings is 1. The first-order valence-corrected chi connectivity index (χ1v) is 16.0. The number of fused-ring (bicyclic) bond motifs is 2. The van der Waals surface area contributed by atoms with Gasteiger partial charge in [0, 0.05) is 16.5 Å². The van der Waals surface area contributed by atoms with E-state index in [4.69, 9.17) is 14.2 Å². The Hall–Kier alpha value is -4.76. The highest BCUT2D eigenvalue weighted by atomic mass is 32.2. The molecule has 1 saturated heterocycles. The van der Waals surface area contributed by atoms with Crippen LogP contribution in [0, 0.1) is 5.92 Å². The number of aromatic nitrogens is 1. The van der Waals surface area contributed by atoms with Gasteiger partial charge in [-0.05, 0) is 67.1 Å². The lowest BCUT2D eigenvalue weighted by molar-refractivity contribution is -0.137. The molecule has 0 saturated carbocycles. The molecule has 2 aliphatic rings. The molecule has 3 heterocycles. The van der Waals surface area contributed by atoms with Crippen LogP contribution in [0.25, 0.3) is 0 Å². The van der Waals surface area contributed by atoms with Gasteiger partial charge in [0.15, 0.2) is 18.1 Å². The van der Waals surface area contributed by atoms with Crippen LogP contribution in [0.3, 0.4) is 0 Å². The number of H-pyrrole nitrogens is 1. The maximum atomic E-state index is 14.0. The number of nitrogens with zero attached hydrogens (tertiary/aromatic N) is 1. The standard InChI is InChI=1S/C32H26F3N3O7S2/c1-3-44-22-13-16(7-12-21(22)45-15-23(39)36-18-6-4-5-17(14-18)32(33,34)35)24-25-27(46-28-26(24)47-31(42)37-28)30(41)38(29(25)40)19-8-10-20(43-2)11-9-19/h4-14,24-25,27H,3,15H2,1-2H3,(H,36,39)(H,37,42)/t24-,25?,27?/m1/s1. The van der Waals surface area contributed by atoms with Crippen LogP contribution in [0.5, 0.6) is 17.2 Å². The Morgan fingerprint density at radius 1 is 0.979 bits per heavy atom. The number of ether oxygens (including phenoxy) is 3. The fourth-order valence-electron chi connectivity index (χ4n) is 5.58. The molecule has 0 aliphatic carbocycles. The Morgan fingerprint density at radius 3 is 2.45 bits per heavy atom. The van der Waals surface area contributed by atoms with E-state index in [0.717, 1.165) is 40.1 Å². The minimum atomic E-state index is -4.57. The first-order chi connectivity index (χ1) is 22.5. The number of carbonyl (C=O) groups excluding carboxylic acids is 3. The topological polar surface area (TPSA) is 127 Å². The number of halogens is 3. The molecule has 3 aromatic carbocycles. The van der Waals surface area contributed by atoms with E-state index in [1.54, 1.807) is 49.4 Å². The predicted molar refractivity (Wildman–Crippen MR) is 169 cm³/mol. The van der Waals surface area contributed by atoms with Gasteiger partial charge in [-0.1, -0.05) is 35.2 Å². The Bertz CT molecular complexity index is 1910. The van der Waals surface area contributed by atoms with E-state index in [0.29, 0.717) is 26.9 Å². The van der Waals surface area contributed by atoms with Crippen molar-refractivity contribution in [3.05, 3.63) is 92.4 Å². The molecule has 2 N–H and O–H groups in total. The number of nitrogens with one attached hydrogen (secondary N) is 2. The second kappa shape index (κ2) is 12.8. The Morgan fingerprint density at radius 2 is 1.74 bits per heavy atom. The van der Waals surface area contributed by atoms with E-state index in [9.17, 15) is 32.3 Å². The number of rotatable bonds is 9. The van der Waals surface area contributed by atoms with Crippen LogP contribution in [-0.2, 0) is 20.6 Å². The van der Waals surface area contributed by atoms with Crippen molar-refractivity contribution >= 4 is 52.2 Å². The number of hydrogen-bond donors (Lipinski definition) is 2. The molecule has 4 aromatic rings. The number of benzene rings is 3. The van der Waals surface area contributed by atoms with Crippen molar-refractivity contribution in [3.63, 3.8) is 0 Å². The number of thioether (sulfide) groups is 1. The highest BCUT2D eigenvalue weighted by molar-refractivity contribution is 8.00. The number of amides is 3. The summed E-state index contributed by atoms with van der Waals surface area (Å²) in [7, 11) is 1.51. The summed E-state index contributed by atoms with van der Waals surface area (Å²) in [6.45, 7) is 1.42. The maximum absolute atomic E-state index is 14.0. The van der Waals surface area contributed by atoms with E-state index < -0.39 is 53.2 Å². The third-order valence-corrected chi connectivity index (χ3v) is 10.0. The molecular formula is C32H26F3N3O7S2. The second-order valence-electron chi connectivity index (χ2n) is 10.5. The zero-order valence-corrected chi connectivity index (χ0v) is 26.4. The van der Waals surface area contributed by atoms with Crippen LogP contribution in [0.4, 0.5) is 24.5 Å². The molecule has 1 aromatic heterocycles. The second-order valence-corrected chi connectivity index (χ2v) is 12.7. The summed E-state index contributed by atoms with van der Waals surface area (Å²) in [5.41, 5.74) is 0.0329. The van der Waals surface area contributed by atoms with Crippen molar-refractivity contribution in [1.82, 2.24) is 4.98 Å². The van der Waals surface area contributed by atoms with Gasteiger partial charge >= 0.3 is 11.0 Å². The Labute approximate surface area is 273 Å². The lowest BCUT2D eigenvalue weighted by Gasteiger charge is -2.30. The van der Waals surface area contributed by atoms with E-state index in [1.807, 2.05) is 0 Å². The quantitative estimate of drug-likeness (QED) is 0.216. The van der Waals surface area contributed by atoms with Crippen molar-refractivity contribution in [2.45, 2.75) is 29.3 Å². The van der Waals surface area contributed by atoms with Crippen LogP contribution in [0.1, 0.15) is 28.8 Å². The fourth-order valence-corrected chi connectivity index (χ4v) is 8.10. The fraction of sp³-hybridized carbons (Fsp3) is 0.250. The van der Waals surface area contributed by atoms with Crippen LogP contribution < -0.4 is 29.3 Å². The van der Waals surface area contributed by atoms with E-state index in [2.05, 4.69) is 10.3 Å². The summed E-state index contributed by atoms with van der Waals surface area (Å²) < 4.78 is 55.9. The number of imide groups is 1. The Balaban J connectivity index is 1.28. The first-order valence-electron chi connectivity index (χ1n) is 14.3. The molecule has 3 atom stereocenters. The normalized spacial score (nSPS) is 18.8. The lowest BCUT2D eigenvalue weighted by atomic mass is 9.83. The number of alkyl halides is 3. The van der Waals surface area contributed by atoms with Crippen LogP contribution >= 0.6 is 23.1 Å². The molecule has 15 heteroatoms. The summed E-state index contributed by atoms with van der Waals surface area (Å²) in [4.78, 5) is 57.0. The van der Waals surface area contributed by atoms with Gasteiger partial charge < -0.3 is 24.5 Å². The zero-order chi connectivity index (χ0) is 33.5.